The maximum atomic E-state index is 5.99. The Labute approximate surface area is 107 Å². The number of nitrogens with two attached hydrogens (primary N) is 1. The number of rotatable bonds is 1. The fraction of sp³-hybridized carbons (Fsp3) is 0. The quantitative estimate of drug-likeness (QED) is 0.746. The first-order valence-corrected chi connectivity index (χ1v) is 6.04. The molecule has 0 aliphatic rings. The third kappa shape index (κ3) is 1.61. The van der Waals surface area contributed by atoms with Crippen molar-refractivity contribution in [1.82, 2.24) is 9.55 Å². The lowest BCUT2D eigenvalue weighted by Gasteiger charge is -2.05. The van der Waals surface area contributed by atoms with Gasteiger partial charge in [0.2, 0.25) is 5.95 Å². The minimum absolute atomic E-state index is 0.498. The summed E-state index contributed by atoms with van der Waals surface area (Å²) in [4.78, 5) is 4.38. The van der Waals surface area contributed by atoms with E-state index in [1.54, 1.807) is 0 Å². The topological polar surface area (TPSA) is 43.8 Å². The van der Waals surface area contributed by atoms with Gasteiger partial charge < -0.3 is 5.73 Å². The second-order valence-electron chi connectivity index (χ2n) is 3.75. The molecule has 17 heavy (non-hydrogen) atoms. The molecule has 0 radical (unpaired) electrons. The molecule has 0 unspecified atom stereocenters. The number of halogens is 1. The van der Waals surface area contributed by atoms with Crippen molar-refractivity contribution in [3.63, 3.8) is 0 Å². The normalized spacial score (nSPS) is 10.9. The van der Waals surface area contributed by atoms with Gasteiger partial charge in [-0.25, -0.2) is 4.98 Å². The van der Waals surface area contributed by atoms with E-state index in [2.05, 4.69) is 20.9 Å². The van der Waals surface area contributed by atoms with Crippen molar-refractivity contribution in [2.75, 3.05) is 5.73 Å². The maximum absolute atomic E-state index is 5.99. The predicted molar refractivity (Wildman–Crippen MR) is 73.2 cm³/mol. The molecule has 2 N–H and O–H groups in total. The van der Waals surface area contributed by atoms with E-state index in [1.165, 1.54) is 0 Å². The van der Waals surface area contributed by atoms with Crippen LogP contribution < -0.4 is 5.73 Å². The largest absolute Gasteiger partial charge is 0.369 e. The van der Waals surface area contributed by atoms with Gasteiger partial charge in [-0.05, 0) is 40.2 Å². The predicted octanol–water partition coefficient (Wildman–Crippen LogP) is 3.37. The molecule has 3 rings (SSSR count). The number of benzene rings is 2. The molecular weight excluding hydrogens is 278 g/mol. The van der Waals surface area contributed by atoms with E-state index in [-0.39, 0.29) is 0 Å². The van der Waals surface area contributed by atoms with Gasteiger partial charge in [0.25, 0.3) is 0 Å². The lowest BCUT2D eigenvalue weighted by molar-refractivity contribution is 1.11. The highest BCUT2D eigenvalue weighted by Gasteiger charge is 2.11. The molecule has 1 heterocycles. The number of para-hydroxylation sites is 2. The molecule has 0 bridgehead atoms. The Kier molecular flexibility index (Phi) is 2.37. The van der Waals surface area contributed by atoms with Crippen LogP contribution in [0.4, 0.5) is 5.95 Å². The van der Waals surface area contributed by atoms with Crippen LogP contribution in [-0.2, 0) is 0 Å². The second kappa shape index (κ2) is 3.89. The van der Waals surface area contributed by atoms with Crippen molar-refractivity contribution in [1.29, 1.82) is 0 Å². The third-order valence-electron chi connectivity index (χ3n) is 2.68. The number of imidazole rings is 1. The molecule has 0 fully saturated rings. The van der Waals surface area contributed by atoms with Gasteiger partial charge in [0, 0.05) is 10.2 Å². The molecule has 1 aromatic heterocycles. The molecule has 0 atom stereocenters. The van der Waals surface area contributed by atoms with Crippen molar-refractivity contribution in [2.45, 2.75) is 0 Å². The highest BCUT2D eigenvalue weighted by atomic mass is 79.9. The highest BCUT2D eigenvalue weighted by molar-refractivity contribution is 9.10. The molecule has 0 aliphatic heterocycles. The number of aromatic nitrogens is 2. The van der Waals surface area contributed by atoms with Crippen LogP contribution in [0.5, 0.6) is 0 Å². The van der Waals surface area contributed by atoms with Gasteiger partial charge in [0.1, 0.15) is 5.52 Å². The summed E-state index contributed by atoms with van der Waals surface area (Å²) in [5.74, 6) is 0.498. The number of fused-ring (bicyclic) bond motifs is 1. The van der Waals surface area contributed by atoms with Crippen LogP contribution in [0, 0.1) is 0 Å². The van der Waals surface area contributed by atoms with Crippen LogP contribution in [0.25, 0.3) is 16.7 Å². The number of hydrogen-bond donors (Lipinski definition) is 1. The van der Waals surface area contributed by atoms with Crippen LogP contribution in [-0.4, -0.2) is 9.55 Å². The molecular formula is C13H10BrN3. The monoisotopic (exact) mass is 287 g/mol. The molecule has 0 spiro atoms. The summed E-state index contributed by atoms with van der Waals surface area (Å²) in [7, 11) is 0. The second-order valence-corrected chi connectivity index (χ2v) is 4.60. The van der Waals surface area contributed by atoms with E-state index in [9.17, 15) is 0 Å². The van der Waals surface area contributed by atoms with Crippen LogP contribution in [0.1, 0.15) is 0 Å². The smallest absolute Gasteiger partial charge is 0.205 e. The van der Waals surface area contributed by atoms with Gasteiger partial charge in [0.05, 0.1) is 5.52 Å². The summed E-state index contributed by atoms with van der Waals surface area (Å²) in [6, 6.07) is 15.9. The minimum atomic E-state index is 0.498. The summed E-state index contributed by atoms with van der Waals surface area (Å²) in [5, 5.41) is 0. The Bertz CT molecular complexity index is 674. The van der Waals surface area contributed by atoms with Gasteiger partial charge in [0.15, 0.2) is 0 Å². The molecule has 0 aliphatic carbocycles. The molecule has 0 amide bonds. The van der Waals surface area contributed by atoms with Crippen LogP contribution in [0.3, 0.4) is 0 Å². The van der Waals surface area contributed by atoms with E-state index in [0.717, 1.165) is 21.2 Å². The van der Waals surface area contributed by atoms with E-state index in [0.29, 0.717) is 5.95 Å². The minimum Gasteiger partial charge on any atom is -0.369 e. The molecule has 3 nitrogen and oxygen atoms in total. The van der Waals surface area contributed by atoms with Crippen molar-refractivity contribution >= 4 is 32.9 Å². The van der Waals surface area contributed by atoms with Crippen molar-refractivity contribution in [2.24, 2.45) is 0 Å². The lowest BCUT2D eigenvalue weighted by Crippen LogP contribution is -1.99. The molecule has 4 heteroatoms. The maximum Gasteiger partial charge on any atom is 0.205 e. The third-order valence-corrected chi connectivity index (χ3v) is 3.32. The summed E-state index contributed by atoms with van der Waals surface area (Å²) >= 11 is 3.49. The van der Waals surface area contributed by atoms with Crippen LogP contribution >= 0.6 is 15.9 Å². The Morgan fingerprint density at radius 2 is 1.76 bits per heavy atom. The first-order valence-electron chi connectivity index (χ1n) is 5.25. The fourth-order valence-corrected chi connectivity index (χ4v) is 2.38. The molecule has 84 valence electrons. The summed E-state index contributed by atoms with van der Waals surface area (Å²) in [5.41, 5.74) is 8.89. The van der Waals surface area contributed by atoms with Crippen molar-refractivity contribution < 1.29 is 0 Å². The van der Waals surface area contributed by atoms with Gasteiger partial charge in [-0.1, -0.05) is 24.3 Å². The van der Waals surface area contributed by atoms with E-state index in [1.807, 2.05) is 53.1 Å². The highest BCUT2D eigenvalue weighted by Crippen LogP contribution is 2.27. The Hall–Kier alpha value is -1.81. The number of anilines is 1. The summed E-state index contributed by atoms with van der Waals surface area (Å²) in [6.45, 7) is 0. The zero-order valence-electron chi connectivity index (χ0n) is 8.97. The van der Waals surface area contributed by atoms with Gasteiger partial charge in [-0.15, -0.1) is 0 Å². The van der Waals surface area contributed by atoms with E-state index >= 15 is 0 Å². The molecule has 3 aromatic rings. The van der Waals surface area contributed by atoms with Gasteiger partial charge in [-0.2, -0.15) is 0 Å². The van der Waals surface area contributed by atoms with Crippen molar-refractivity contribution in [3.05, 3.63) is 53.0 Å². The fourth-order valence-electron chi connectivity index (χ4n) is 1.93. The Morgan fingerprint density at radius 1 is 1.00 bits per heavy atom. The van der Waals surface area contributed by atoms with Gasteiger partial charge in [-0.3, -0.25) is 4.57 Å². The molecule has 0 saturated heterocycles. The van der Waals surface area contributed by atoms with Crippen LogP contribution in [0.15, 0.2) is 53.0 Å². The summed E-state index contributed by atoms with van der Waals surface area (Å²) < 4.78 is 2.90. The first kappa shape index (κ1) is 10.4. The first-order chi connectivity index (χ1) is 8.27. The number of hydrogen-bond acceptors (Lipinski definition) is 2. The SMILES string of the molecule is Nc1nc2c(Br)cccc2n1-c1ccccc1. The Balaban J connectivity index is 2.37. The molecule has 0 saturated carbocycles. The van der Waals surface area contributed by atoms with E-state index < -0.39 is 0 Å². The zero-order valence-corrected chi connectivity index (χ0v) is 10.6. The number of nitrogens with zero attached hydrogens (tertiary/aromatic N) is 2. The molecule has 2 aromatic carbocycles. The van der Waals surface area contributed by atoms with Crippen LogP contribution in [0.2, 0.25) is 0 Å². The van der Waals surface area contributed by atoms with E-state index in [4.69, 9.17) is 5.73 Å². The average Bonchev–Trinajstić information content (AvgIpc) is 2.68. The average molecular weight is 288 g/mol. The lowest BCUT2D eigenvalue weighted by atomic mass is 10.3. The standard InChI is InChI=1S/C13H10BrN3/c14-10-7-4-8-11-12(10)16-13(15)17(11)9-5-2-1-3-6-9/h1-8H,(H2,15,16). The zero-order chi connectivity index (χ0) is 11.8. The number of nitrogen functional groups attached to an aromatic ring is 1. The summed E-state index contributed by atoms with van der Waals surface area (Å²) in [6.07, 6.45) is 0. The van der Waals surface area contributed by atoms with Crippen molar-refractivity contribution in [3.8, 4) is 5.69 Å². The Morgan fingerprint density at radius 3 is 2.53 bits per heavy atom. The van der Waals surface area contributed by atoms with Gasteiger partial charge >= 0.3 is 0 Å².